The van der Waals surface area contributed by atoms with Crippen LogP contribution in [0.2, 0.25) is 0 Å². The molecule has 1 aromatic rings. The van der Waals surface area contributed by atoms with Crippen LogP contribution in [0.3, 0.4) is 0 Å². The predicted octanol–water partition coefficient (Wildman–Crippen LogP) is 2.79. The Bertz CT molecular complexity index is 464. The Morgan fingerprint density at radius 1 is 1.36 bits per heavy atom. The van der Waals surface area contributed by atoms with Gasteiger partial charge in [-0.05, 0) is 39.5 Å². The zero-order valence-electron chi connectivity index (χ0n) is 14.3. The van der Waals surface area contributed by atoms with E-state index in [0.717, 1.165) is 23.5 Å². The highest BCUT2D eigenvalue weighted by Gasteiger charge is 2.21. The van der Waals surface area contributed by atoms with Crippen LogP contribution in [-0.4, -0.2) is 34.8 Å². The van der Waals surface area contributed by atoms with Crippen LogP contribution in [0.4, 0.5) is 4.79 Å². The van der Waals surface area contributed by atoms with Crippen molar-refractivity contribution < 1.29 is 9.90 Å². The molecule has 1 atom stereocenters. The van der Waals surface area contributed by atoms with E-state index >= 15 is 0 Å². The maximum atomic E-state index is 11.7. The molecular formula is C16H29N3O2S. The van der Waals surface area contributed by atoms with Gasteiger partial charge in [-0.3, -0.25) is 0 Å². The number of nitrogens with one attached hydrogen (secondary N) is 2. The number of hydrogen-bond acceptors (Lipinski definition) is 4. The number of thiazole rings is 1. The standard InChI is InChI=1S/C16H29N3O2S/c1-11(2)6-8-16(5,21)10-18-15(20)17-9-7-14-19-12(3)13(4)22-14/h11,21H,6-10H2,1-5H3,(H2,17,18,20). The summed E-state index contributed by atoms with van der Waals surface area (Å²) in [4.78, 5) is 17.4. The molecule has 0 aromatic carbocycles. The van der Waals surface area contributed by atoms with Crippen LogP contribution in [0.5, 0.6) is 0 Å². The third-order valence-electron chi connectivity index (χ3n) is 3.59. The molecule has 22 heavy (non-hydrogen) atoms. The van der Waals surface area contributed by atoms with Gasteiger partial charge in [0.15, 0.2) is 0 Å². The van der Waals surface area contributed by atoms with Crippen LogP contribution in [0.15, 0.2) is 0 Å². The minimum atomic E-state index is -0.856. The Kier molecular flexibility index (Phi) is 7.29. The van der Waals surface area contributed by atoms with Crippen LogP contribution in [-0.2, 0) is 6.42 Å². The molecule has 0 aliphatic rings. The average molecular weight is 327 g/mol. The van der Waals surface area contributed by atoms with Crippen LogP contribution in [0.1, 0.15) is 49.2 Å². The zero-order chi connectivity index (χ0) is 16.8. The van der Waals surface area contributed by atoms with Gasteiger partial charge in [-0.15, -0.1) is 11.3 Å². The fourth-order valence-electron chi connectivity index (χ4n) is 1.95. The van der Waals surface area contributed by atoms with E-state index in [1.807, 2.05) is 6.92 Å². The smallest absolute Gasteiger partial charge is 0.314 e. The molecule has 0 bridgehead atoms. The van der Waals surface area contributed by atoms with Crippen molar-refractivity contribution in [2.75, 3.05) is 13.1 Å². The normalized spacial score (nSPS) is 14.0. The van der Waals surface area contributed by atoms with Crippen molar-refractivity contribution in [3.63, 3.8) is 0 Å². The summed E-state index contributed by atoms with van der Waals surface area (Å²) in [6.45, 7) is 10.9. The van der Waals surface area contributed by atoms with Gasteiger partial charge >= 0.3 is 6.03 Å². The Labute approximate surface area is 137 Å². The molecule has 1 heterocycles. The summed E-state index contributed by atoms with van der Waals surface area (Å²) in [5.74, 6) is 0.547. The van der Waals surface area contributed by atoms with Gasteiger partial charge in [0, 0.05) is 24.4 Å². The summed E-state index contributed by atoms with van der Waals surface area (Å²) in [6.07, 6.45) is 2.36. The first kappa shape index (κ1) is 18.9. The fraction of sp³-hybridized carbons (Fsp3) is 0.750. The van der Waals surface area contributed by atoms with Gasteiger partial charge in [-0.2, -0.15) is 0 Å². The topological polar surface area (TPSA) is 74.2 Å². The number of carbonyl (C=O) groups is 1. The lowest BCUT2D eigenvalue weighted by atomic mass is 9.95. The molecule has 2 amide bonds. The number of aromatic nitrogens is 1. The Balaban J connectivity index is 2.23. The maximum absolute atomic E-state index is 11.7. The van der Waals surface area contributed by atoms with Crippen molar-refractivity contribution in [2.45, 2.75) is 59.5 Å². The van der Waals surface area contributed by atoms with Crippen molar-refractivity contribution in [1.82, 2.24) is 15.6 Å². The second-order valence-corrected chi connectivity index (χ2v) is 7.83. The molecule has 0 aliphatic carbocycles. The number of carbonyl (C=O) groups excluding carboxylic acids is 1. The molecule has 0 saturated heterocycles. The Morgan fingerprint density at radius 3 is 2.59 bits per heavy atom. The molecule has 1 rings (SSSR count). The molecular weight excluding hydrogens is 298 g/mol. The summed E-state index contributed by atoms with van der Waals surface area (Å²) in [5.41, 5.74) is 0.205. The quantitative estimate of drug-likeness (QED) is 0.687. The monoisotopic (exact) mass is 327 g/mol. The van der Waals surface area contributed by atoms with E-state index in [1.165, 1.54) is 4.88 Å². The number of amides is 2. The molecule has 126 valence electrons. The molecule has 1 unspecified atom stereocenters. The van der Waals surface area contributed by atoms with Crippen molar-refractivity contribution in [3.8, 4) is 0 Å². The summed E-state index contributed by atoms with van der Waals surface area (Å²) >= 11 is 1.67. The van der Waals surface area contributed by atoms with Gasteiger partial charge in [0.25, 0.3) is 0 Å². The van der Waals surface area contributed by atoms with E-state index in [4.69, 9.17) is 0 Å². The van der Waals surface area contributed by atoms with Crippen LogP contribution < -0.4 is 10.6 Å². The molecule has 0 spiro atoms. The second-order valence-electron chi connectivity index (χ2n) is 6.54. The first-order valence-electron chi connectivity index (χ1n) is 7.86. The summed E-state index contributed by atoms with van der Waals surface area (Å²) in [5, 5.41) is 16.8. The second kappa shape index (κ2) is 8.48. The lowest BCUT2D eigenvalue weighted by molar-refractivity contribution is 0.0477. The van der Waals surface area contributed by atoms with E-state index in [1.54, 1.807) is 18.3 Å². The summed E-state index contributed by atoms with van der Waals surface area (Å²) in [6, 6.07) is -0.241. The molecule has 0 fully saturated rings. The van der Waals surface area contributed by atoms with Gasteiger partial charge < -0.3 is 15.7 Å². The van der Waals surface area contributed by atoms with E-state index in [9.17, 15) is 9.90 Å². The average Bonchev–Trinajstić information content (AvgIpc) is 2.73. The largest absolute Gasteiger partial charge is 0.388 e. The van der Waals surface area contributed by atoms with E-state index in [2.05, 4.69) is 36.4 Å². The molecule has 3 N–H and O–H groups in total. The van der Waals surface area contributed by atoms with Gasteiger partial charge in [0.2, 0.25) is 0 Å². The van der Waals surface area contributed by atoms with Crippen molar-refractivity contribution in [1.29, 1.82) is 0 Å². The van der Waals surface area contributed by atoms with Crippen LogP contribution >= 0.6 is 11.3 Å². The minimum absolute atomic E-state index is 0.241. The van der Waals surface area contributed by atoms with Crippen molar-refractivity contribution in [2.24, 2.45) is 5.92 Å². The molecule has 0 aliphatic heterocycles. The molecule has 1 aromatic heterocycles. The van der Waals surface area contributed by atoms with E-state index in [0.29, 0.717) is 18.9 Å². The van der Waals surface area contributed by atoms with Crippen molar-refractivity contribution in [3.05, 3.63) is 15.6 Å². The van der Waals surface area contributed by atoms with E-state index < -0.39 is 5.60 Å². The predicted molar refractivity (Wildman–Crippen MR) is 91.4 cm³/mol. The number of hydrogen-bond donors (Lipinski definition) is 3. The summed E-state index contributed by atoms with van der Waals surface area (Å²) in [7, 11) is 0. The maximum Gasteiger partial charge on any atom is 0.314 e. The SMILES string of the molecule is Cc1nc(CCNC(=O)NCC(C)(O)CCC(C)C)sc1C. The van der Waals surface area contributed by atoms with Crippen molar-refractivity contribution >= 4 is 17.4 Å². The highest BCUT2D eigenvalue weighted by molar-refractivity contribution is 7.11. The van der Waals surface area contributed by atoms with Gasteiger partial charge in [-0.25, -0.2) is 9.78 Å². The third-order valence-corrected chi connectivity index (χ3v) is 4.72. The number of urea groups is 1. The molecule has 0 radical (unpaired) electrons. The highest BCUT2D eigenvalue weighted by atomic mass is 32.1. The fourth-order valence-corrected chi connectivity index (χ4v) is 2.88. The van der Waals surface area contributed by atoms with E-state index in [-0.39, 0.29) is 12.6 Å². The summed E-state index contributed by atoms with van der Waals surface area (Å²) < 4.78 is 0. The van der Waals surface area contributed by atoms with Gasteiger partial charge in [0.1, 0.15) is 0 Å². The van der Waals surface area contributed by atoms with Gasteiger partial charge in [-0.1, -0.05) is 13.8 Å². The third kappa shape index (κ3) is 7.22. The lowest BCUT2D eigenvalue weighted by Gasteiger charge is -2.24. The first-order chi connectivity index (χ1) is 10.2. The Morgan fingerprint density at radius 2 is 2.05 bits per heavy atom. The van der Waals surface area contributed by atoms with Crippen LogP contribution in [0, 0.1) is 19.8 Å². The van der Waals surface area contributed by atoms with Crippen LogP contribution in [0.25, 0.3) is 0 Å². The number of aryl methyl sites for hydroxylation is 2. The molecule has 5 nitrogen and oxygen atoms in total. The molecule has 0 saturated carbocycles. The number of nitrogens with zero attached hydrogens (tertiary/aromatic N) is 1. The first-order valence-corrected chi connectivity index (χ1v) is 8.68. The highest BCUT2D eigenvalue weighted by Crippen LogP contribution is 2.16. The minimum Gasteiger partial charge on any atom is -0.388 e. The van der Waals surface area contributed by atoms with Gasteiger partial charge in [0.05, 0.1) is 16.3 Å². The number of rotatable bonds is 8. The molecule has 6 heteroatoms. The lowest BCUT2D eigenvalue weighted by Crippen LogP contribution is -2.45. The number of aliphatic hydroxyl groups is 1. The Hall–Kier alpha value is -1.14. The zero-order valence-corrected chi connectivity index (χ0v) is 15.1.